The van der Waals surface area contributed by atoms with E-state index in [0.717, 1.165) is 17.0 Å². The molecule has 164 valence electrons. The molecule has 2 aromatic carbocycles. The zero-order chi connectivity index (χ0) is 22.4. The van der Waals surface area contributed by atoms with Gasteiger partial charge in [-0.15, -0.1) is 0 Å². The van der Waals surface area contributed by atoms with Crippen molar-refractivity contribution in [3.8, 4) is 11.3 Å². The van der Waals surface area contributed by atoms with Crippen LogP contribution in [0.1, 0.15) is 50.3 Å². The van der Waals surface area contributed by atoms with E-state index in [2.05, 4.69) is 17.1 Å². The maximum Gasteiger partial charge on any atom is 0.407 e. The van der Waals surface area contributed by atoms with E-state index >= 15 is 0 Å². The summed E-state index contributed by atoms with van der Waals surface area (Å²) in [6.45, 7) is 6.92. The van der Waals surface area contributed by atoms with Crippen LogP contribution in [0, 0.1) is 5.41 Å². The lowest BCUT2D eigenvalue weighted by molar-refractivity contribution is 0.0775. The normalized spacial score (nSPS) is 12.5. The Balaban J connectivity index is 2.10. The van der Waals surface area contributed by atoms with Crippen LogP contribution in [-0.2, 0) is 6.42 Å². The summed E-state index contributed by atoms with van der Waals surface area (Å²) in [7, 11) is 0. The highest BCUT2D eigenvalue weighted by atomic mass is 16.4. The number of rotatable bonds is 8. The standard InChI is InChI=1S/C25H32N4O2/c1-25(2,3)22(29(24(30)31)16-10-15-26)23-27-20(17-18-11-6-4-7-12-18)21(28-23)19-13-8-5-9-14-19/h4-9,11-14,22H,10,15-17,26H2,1-3H3,(H,27,28)(H,30,31)/t22-/m0/s1. The highest BCUT2D eigenvalue weighted by Crippen LogP contribution is 2.38. The molecule has 1 aromatic heterocycles. The predicted octanol–water partition coefficient (Wildman–Crippen LogP) is 5.08. The Kier molecular flexibility index (Phi) is 7.13. The van der Waals surface area contributed by atoms with E-state index in [1.54, 1.807) is 0 Å². The van der Waals surface area contributed by atoms with Crippen LogP contribution in [0.4, 0.5) is 4.79 Å². The summed E-state index contributed by atoms with van der Waals surface area (Å²) in [6.07, 6.45) is 0.322. The minimum absolute atomic E-state index is 0.358. The molecule has 0 aliphatic carbocycles. The van der Waals surface area contributed by atoms with E-state index in [1.165, 1.54) is 10.5 Å². The zero-order valence-electron chi connectivity index (χ0n) is 18.5. The molecule has 1 heterocycles. The molecule has 6 nitrogen and oxygen atoms in total. The Morgan fingerprint density at radius 3 is 2.26 bits per heavy atom. The SMILES string of the molecule is CC(C)(C)[C@H](c1nc(-c2ccccc2)c(Cc2ccccc2)[nH]1)N(CCCN)C(=O)O. The van der Waals surface area contributed by atoms with E-state index in [-0.39, 0.29) is 5.41 Å². The first kappa shape index (κ1) is 22.6. The van der Waals surface area contributed by atoms with Crippen LogP contribution in [0.2, 0.25) is 0 Å². The molecule has 1 atom stereocenters. The first-order chi connectivity index (χ1) is 14.8. The molecular formula is C25H32N4O2. The number of H-pyrrole nitrogens is 1. The fourth-order valence-corrected chi connectivity index (χ4v) is 3.94. The van der Waals surface area contributed by atoms with Gasteiger partial charge in [0.2, 0.25) is 0 Å². The Morgan fingerprint density at radius 2 is 1.71 bits per heavy atom. The fourth-order valence-electron chi connectivity index (χ4n) is 3.94. The van der Waals surface area contributed by atoms with Gasteiger partial charge in [0.1, 0.15) is 5.82 Å². The Hall–Kier alpha value is -3.12. The van der Waals surface area contributed by atoms with Crippen LogP contribution in [0.15, 0.2) is 60.7 Å². The molecule has 4 N–H and O–H groups in total. The summed E-state index contributed by atoms with van der Waals surface area (Å²) in [5.41, 5.74) is 9.32. The molecule has 0 aliphatic heterocycles. The van der Waals surface area contributed by atoms with Crippen molar-refractivity contribution >= 4 is 6.09 Å². The molecule has 0 bridgehead atoms. The number of carboxylic acid groups (broad SMARTS) is 1. The van der Waals surface area contributed by atoms with Gasteiger partial charge in [0.25, 0.3) is 0 Å². The van der Waals surface area contributed by atoms with Gasteiger partial charge in [0, 0.05) is 24.2 Å². The molecule has 0 saturated heterocycles. The van der Waals surface area contributed by atoms with Crippen LogP contribution >= 0.6 is 0 Å². The van der Waals surface area contributed by atoms with E-state index in [0.29, 0.717) is 31.8 Å². The Labute approximate surface area is 184 Å². The van der Waals surface area contributed by atoms with Crippen molar-refractivity contribution in [1.29, 1.82) is 0 Å². The molecule has 0 saturated carbocycles. The molecule has 1 amide bonds. The second-order valence-electron chi connectivity index (χ2n) is 8.86. The number of aromatic nitrogens is 2. The van der Waals surface area contributed by atoms with Crippen LogP contribution in [0.25, 0.3) is 11.3 Å². The number of nitrogens with two attached hydrogens (primary N) is 1. The molecule has 0 spiro atoms. The Bertz CT molecular complexity index is 978. The lowest BCUT2D eigenvalue weighted by Crippen LogP contribution is -2.42. The molecule has 0 aliphatic rings. The van der Waals surface area contributed by atoms with Crippen LogP contribution in [0.5, 0.6) is 0 Å². The smallest absolute Gasteiger partial charge is 0.407 e. The highest BCUT2D eigenvalue weighted by molar-refractivity contribution is 5.66. The summed E-state index contributed by atoms with van der Waals surface area (Å²) < 4.78 is 0. The molecule has 6 heteroatoms. The van der Waals surface area contributed by atoms with Gasteiger partial charge >= 0.3 is 6.09 Å². The molecule has 3 rings (SSSR count). The number of imidazole rings is 1. The maximum atomic E-state index is 12.2. The van der Waals surface area contributed by atoms with Gasteiger partial charge in [-0.25, -0.2) is 9.78 Å². The largest absolute Gasteiger partial charge is 0.465 e. The van der Waals surface area contributed by atoms with Crippen LogP contribution < -0.4 is 5.73 Å². The lowest BCUT2D eigenvalue weighted by Gasteiger charge is -2.37. The number of hydrogen-bond acceptors (Lipinski definition) is 3. The van der Waals surface area contributed by atoms with Crippen LogP contribution in [0.3, 0.4) is 0 Å². The zero-order valence-corrected chi connectivity index (χ0v) is 18.5. The van der Waals surface area contributed by atoms with Gasteiger partial charge in [0.05, 0.1) is 11.7 Å². The third-order valence-corrected chi connectivity index (χ3v) is 5.31. The summed E-state index contributed by atoms with van der Waals surface area (Å²) in [4.78, 5) is 22.1. The number of benzene rings is 2. The number of hydrogen-bond donors (Lipinski definition) is 3. The minimum atomic E-state index is -0.962. The second kappa shape index (κ2) is 9.79. The fraction of sp³-hybridized carbons (Fsp3) is 0.360. The van der Waals surface area contributed by atoms with Gasteiger partial charge in [-0.1, -0.05) is 81.4 Å². The summed E-state index contributed by atoms with van der Waals surface area (Å²) in [5, 5.41) is 9.97. The summed E-state index contributed by atoms with van der Waals surface area (Å²) in [5.74, 6) is 0.664. The number of nitrogens with zero attached hydrogens (tertiary/aromatic N) is 2. The van der Waals surface area contributed by atoms with Crippen molar-refractivity contribution in [3.63, 3.8) is 0 Å². The molecule has 0 fully saturated rings. The van der Waals surface area contributed by atoms with Crippen LogP contribution in [-0.4, -0.2) is 39.2 Å². The first-order valence-electron chi connectivity index (χ1n) is 10.7. The highest BCUT2D eigenvalue weighted by Gasteiger charge is 2.37. The van der Waals surface area contributed by atoms with E-state index in [4.69, 9.17) is 10.7 Å². The first-order valence-corrected chi connectivity index (χ1v) is 10.7. The monoisotopic (exact) mass is 420 g/mol. The van der Waals surface area contributed by atoms with E-state index < -0.39 is 12.1 Å². The topological polar surface area (TPSA) is 95.2 Å². The molecule has 31 heavy (non-hydrogen) atoms. The lowest BCUT2D eigenvalue weighted by atomic mass is 9.85. The summed E-state index contributed by atoms with van der Waals surface area (Å²) >= 11 is 0. The average Bonchev–Trinajstić information content (AvgIpc) is 3.14. The number of aromatic amines is 1. The van der Waals surface area contributed by atoms with Crippen molar-refractivity contribution in [3.05, 3.63) is 77.7 Å². The van der Waals surface area contributed by atoms with Gasteiger partial charge < -0.3 is 15.8 Å². The van der Waals surface area contributed by atoms with E-state index in [1.807, 2.05) is 69.3 Å². The van der Waals surface area contributed by atoms with Gasteiger partial charge in [-0.05, 0) is 23.9 Å². The summed E-state index contributed by atoms with van der Waals surface area (Å²) in [6, 6.07) is 19.8. The number of nitrogens with one attached hydrogen (secondary N) is 1. The molecule has 0 unspecified atom stereocenters. The van der Waals surface area contributed by atoms with Gasteiger partial charge in [0.15, 0.2) is 0 Å². The van der Waals surface area contributed by atoms with Crippen molar-refractivity contribution in [2.45, 2.75) is 39.7 Å². The third kappa shape index (κ3) is 5.52. The molecule has 0 radical (unpaired) electrons. The maximum absolute atomic E-state index is 12.2. The van der Waals surface area contributed by atoms with Crippen molar-refractivity contribution in [2.24, 2.45) is 11.1 Å². The number of carbonyl (C=O) groups is 1. The second-order valence-corrected chi connectivity index (χ2v) is 8.86. The van der Waals surface area contributed by atoms with E-state index in [9.17, 15) is 9.90 Å². The number of amides is 1. The van der Waals surface area contributed by atoms with Gasteiger partial charge in [-0.3, -0.25) is 4.90 Å². The molecule has 3 aromatic rings. The third-order valence-electron chi connectivity index (χ3n) is 5.31. The average molecular weight is 421 g/mol. The van der Waals surface area contributed by atoms with Gasteiger partial charge in [-0.2, -0.15) is 0 Å². The van der Waals surface area contributed by atoms with Crippen molar-refractivity contribution in [2.75, 3.05) is 13.1 Å². The minimum Gasteiger partial charge on any atom is -0.465 e. The molecular weight excluding hydrogens is 388 g/mol. The van der Waals surface area contributed by atoms with Crippen molar-refractivity contribution < 1.29 is 9.90 Å². The quantitative estimate of drug-likeness (QED) is 0.473. The predicted molar refractivity (Wildman–Crippen MR) is 124 cm³/mol. The Morgan fingerprint density at radius 1 is 1.10 bits per heavy atom. The van der Waals surface area contributed by atoms with Crippen molar-refractivity contribution in [1.82, 2.24) is 14.9 Å².